The minimum absolute atomic E-state index is 0.00829. The highest BCUT2D eigenvalue weighted by molar-refractivity contribution is 6.22. The quantitative estimate of drug-likeness (QED) is 0.144. The van der Waals surface area contributed by atoms with E-state index in [1.807, 2.05) is 6.07 Å². The average molecular weight is 895 g/mol. The molecule has 18 nitrogen and oxygen atoms in total. The van der Waals surface area contributed by atoms with Crippen LogP contribution in [0.15, 0.2) is 53.4 Å². The number of nitrogens with one attached hydrogen (secondary N) is 3. The molecule has 0 spiro atoms. The zero-order chi connectivity index (χ0) is 44.8. The van der Waals surface area contributed by atoms with Gasteiger partial charge in [-0.2, -0.15) is 10.1 Å². The molecule has 0 bridgehead atoms. The second-order valence-electron chi connectivity index (χ2n) is 18.1. The van der Waals surface area contributed by atoms with E-state index in [1.165, 1.54) is 25.3 Å². The first-order chi connectivity index (χ1) is 31.5. The van der Waals surface area contributed by atoms with Gasteiger partial charge in [0.05, 0.1) is 29.4 Å². The Hall–Kier alpha value is -6.28. The molecule has 10 rings (SSSR count). The fourth-order valence-corrected chi connectivity index (χ4v) is 9.88. The standard InChI is InChI=1S/C45H52F2N12O6/c46-40(47)39-35(50-41(61)36-26-65-42(51-36)29-5-13-48-37(21-29)49-23-27-1-2-27)25-57(53-39)31-8-14-54(15-9-31)24-28-6-16-55(17-7-28)30-10-18-56(19-11-30)32-3-4-33-34(22-32)44(63)59(43(33)62)58-20-12-38(60)52-45(58)64/h3-5,13,21-22,25-28,30-31,40H,1-2,6-12,14-20,23-24H2,(H,48,49)(H,50,61)(H,52,60,64). The average Bonchev–Trinajstić information content (AvgIpc) is 3.73. The van der Waals surface area contributed by atoms with Gasteiger partial charge in [-0.3, -0.25) is 29.2 Å². The van der Waals surface area contributed by atoms with Crippen LogP contribution < -0.4 is 20.9 Å². The van der Waals surface area contributed by atoms with Gasteiger partial charge < -0.3 is 29.8 Å². The molecule has 8 heterocycles. The second kappa shape index (κ2) is 17.9. The molecule has 6 amide bonds. The number of hydrazine groups is 1. The SMILES string of the molecule is O=C1CCN(N2C(=O)c3ccc(N4CCC(N5CCC(CN6CCC(n7cc(NC(=O)c8coc(-c9ccnc(NCC%10CC%10)c9)n8)c(C(F)F)n7)CC6)CC5)CC4)cc3C2=O)C(=O)N1. The largest absolute Gasteiger partial charge is 0.444 e. The van der Waals surface area contributed by atoms with Crippen LogP contribution >= 0.6 is 0 Å². The van der Waals surface area contributed by atoms with Gasteiger partial charge in [-0.25, -0.2) is 28.6 Å². The number of oxazole rings is 1. The lowest BCUT2D eigenvalue weighted by molar-refractivity contribution is -0.122. The lowest BCUT2D eigenvalue weighted by Crippen LogP contribution is -2.58. The zero-order valence-electron chi connectivity index (χ0n) is 36.0. The molecule has 3 aromatic heterocycles. The Labute approximate surface area is 373 Å². The Bertz CT molecular complexity index is 2470. The Morgan fingerprint density at radius 3 is 2.34 bits per heavy atom. The van der Waals surface area contributed by atoms with Gasteiger partial charge in [0.2, 0.25) is 11.8 Å². The summed E-state index contributed by atoms with van der Waals surface area (Å²) in [5.74, 6) is -0.0885. The molecule has 0 unspecified atom stereocenters. The summed E-state index contributed by atoms with van der Waals surface area (Å²) in [4.78, 5) is 79.7. The third-order valence-electron chi connectivity index (χ3n) is 13.8. The summed E-state index contributed by atoms with van der Waals surface area (Å²) in [6.45, 7) is 7.16. The highest BCUT2D eigenvalue weighted by Crippen LogP contribution is 2.35. The number of halogens is 2. The number of amides is 6. The number of imide groups is 2. The van der Waals surface area contributed by atoms with Crippen molar-refractivity contribution < 1.29 is 37.2 Å². The molecule has 6 aliphatic rings. The molecular weight excluding hydrogens is 843 g/mol. The first kappa shape index (κ1) is 42.7. The number of benzene rings is 1. The summed E-state index contributed by atoms with van der Waals surface area (Å²) in [5.41, 5.74) is 1.46. The Balaban J connectivity index is 0.668. The van der Waals surface area contributed by atoms with Crippen molar-refractivity contribution >= 4 is 46.9 Å². The highest BCUT2D eigenvalue weighted by atomic mass is 19.3. The Morgan fingerprint density at radius 2 is 1.60 bits per heavy atom. The molecule has 3 N–H and O–H groups in total. The fraction of sp³-hybridized carbons (Fsp3) is 0.511. The van der Waals surface area contributed by atoms with Crippen molar-refractivity contribution in [2.45, 2.75) is 76.3 Å². The summed E-state index contributed by atoms with van der Waals surface area (Å²) in [6.07, 6.45) is 9.61. The molecule has 4 saturated heterocycles. The van der Waals surface area contributed by atoms with Crippen molar-refractivity contribution in [1.82, 2.24) is 44.9 Å². The number of fused-ring (bicyclic) bond motifs is 1. The Morgan fingerprint density at radius 1 is 0.846 bits per heavy atom. The van der Waals surface area contributed by atoms with Crippen LogP contribution in [0.25, 0.3) is 11.5 Å². The number of aromatic nitrogens is 4. The number of rotatable bonds is 13. The molecule has 4 aromatic rings. The number of nitrogens with zero attached hydrogens (tertiary/aromatic N) is 9. The number of alkyl halides is 2. The molecule has 65 heavy (non-hydrogen) atoms. The lowest BCUT2D eigenvalue weighted by Gasteiger charge is -2.43. The molecule has 20 heteroatoms. The van der Waals surface area contributed by atoms with E-state index in [-0.39, 0.29) is 47.4 Å². The van der Waals surface area contributed by atoms with Crippen LogP contribution in [0.3, 0.4) is 0 Å². The second-order valence-corrected chi connectivity index (χ2v) is 18.1. The van der Waals surface area contributed by atoms with Crippen LogP contribution in [0.5, 0.6) is 0 Å². The predicted octanol–water partition coefficient (Wildman–Crippen LogP) is 5.42. The van der Waals surface area contributed by atoms with Crippen molar-refractivity contribution in [2.75, 3.05) is 74.4 Å². The number of carbonyl (C=O) groups is 5. The summed E-state index contributed by atoms with van der Waals surface area (Å²) in [7, 11) is 0. The first-order valence-corrected chi connectivity index (χ1v) is 22.7. The summed E-state index contributed by atoms with van der Waals surface area (Å²) < 4.78 is 35.6. The van der Waals surface area contributed by atoms with E-state index in [2.05, 4.69) is 45.7 Å². The molecule has 5 fully saturated rings. The van der Waals surface area contributed by atoms with Gasteiger partial charge in [0.25, 0.3) is 24.1 Å². The van der Waals surface area contributed by atoms with E-state index in [9.17, 15) is 32.8 Å². The van der Waals surface area contributed by atoms with Gasteiger partial charge in [0.1, 0.15) is 12.1 Å². The van der Waals surface area contributed by atoms with Gasteiger partial charge in [0, 0.05) is 75.4 Å². The normalized spacial score (nSPS) is 20.8. The third kappa shape index (κ3) is 9.05. The van der Waals surface area contributed by atoms with Crippen LogP contribution in [-0.4, -0.2) is 134 Å². The predicted molar refractivity (Wildman–Crippen MR) is 232 cm³/mol. The molecule has 342 valence electrons. The van der Waals surface area contributed by atoms with E-state index in [0.29, 0.717) is 29.3 Å². The number of anilines is 3. The molecular formula is C45H52F2N12O6. The van der Waals surface area contributed by atoms with Crippen molar-refractivity contribution in [3.05, 3.63) is 71.5 Å². The summed E-state index contributed by atoms with van der Waals surface area (Å²) >= 11 is 0. The van der Waals surface area contributed by atoms with E-state index in [0.717, 1.165) is 107 Å². The van der Waals surface area contributed by atoms with E-state index in [4.69, 9.17) is 4.42 Å². The van der Waals surface area contributed by atoms with Gasteiger partial charge in [0.15, 0.2) is 11.4 Å². The number of hydrogen-bond donors (Lipinski definition) is 3. The number of hydrogen-bond acceptors (Lipinski definition) is 13. The fourth-order valence-electron chi connectivity index (χ4n) is 9.88. The minimum Gasteiger partial charge on any atom is -0.444 e. The number of likely N-dealkylation sites (tertiary alicyclic amines) is 2. The number of piperidine rings is 3. The smallest absolute Gasteiger partial charge is 0.343 e. The highest BCUT2D eigenvalue weighted by Gasteiger charge is 2.43. The van der Waals surface area contributed by atoms with E-state index in [1.54, 1.807) is 35.1 Å². The van der Waals surface area contributed by atoms with Crippen molar-refractivity contribution in [1.29, 1.82) is 0 Å². The van der Waals surface area contributed by atoms with Crippen LogP contribution in [0.1, 0.15) is 107 Å². The maximum absolute atomic E-state index is 14.2. The van der Waals surface area contributed by atoms with E-state index < -0.39 is 41.8 Å². The summed E-state index contributed by atoms with van der Waals surface area (Å²) in [6, 6.07) is 8.40. The molecule has 1 aromatic carbocycles. The van der Waals surface area contributed by atoms with Gasteiger partial charge in [-0.15, -0.1) is 0 Å². The number of carbonyl (C=O) groups excluding carboxylic acids is 5. The Kier molecular flexibility index (Phi) is 11.8. The third-order valence-corrected chi connectivity index (χ3v) is 13.8. The van der Waals surface area contributed by atoms with Crippen LogP contribution in [0.4, 0.5) is 30.8 Å². The van der Waals surface area contributed by atoms with Crippen LogP contribution in [0.2, 0.25) is 0 Å². The van der Waals surface area contributed by atoms with Gasteiger partial charge >= 0.3 is 6.03 Å². The van der Waals surface area contributed by atoms with Crippen molar-refractivity contribution in [2.24, 2.45) is 11.8 Å². The monoisotopic (exact) mass is 894 g/mol. The van der Waals surface area contributed by atoms with Crippen molar-refractivity contribution in [3.8, 4) is 11.5 Å². The zero-order valence-corrected chi connectivity index (χ0v) is 36.0. The molecule has 1 aliphatic carbocycles. The van der Waals surface area contributed by atoms with E-state index >= 15 is 0 Å². The number of urea groups is 1. The topological polar surface area (TPSA) is 194 Å². The maximum atomic E-state index is 14.2. The molecule has 0 radical (unpaired) electrons. The van der Waals surface area contributed by atoms with Crippen LogP contribution in [0, 0.1) is 11.8 Å². The number of pyridine rings is 1. The van der Waals surface area contributed by atoms with Crippen LogP contribution in [-0.2, 0) is 4.79 Å². The van der Waals surface area contributed by atoms with Gasteiger partial charge in [-0.1, -0.05) is 0 Å². The molecule has 0 atom stereocenters. The summed E-state index contributed by atoms with van der Waals surface area (Å²) in [5, 5.41) is 14.2. The molecule has 5 aliphatic heterocycles. The van der Waals surface area contributed by atoms with Crippen molar-refractivity contribution in [3.63, 3.8) is 0 Å². The first-order valence-electron chi connectivity index (χ1n) is 22.7. The minimum atomic E-state index is -2.87. The van der Waals surface area contributed by atoms with Gasteiger partial charge in [-0.05, 0) is 107 Å². The molecule has 1 saturated carbocycles. The lowest BCUT2D eigenvalue weighted by atomic mass is 9.92. The maximum Gasteiger partial charge on any atom is 0.343 e.